The summed E-state index contributed by atoms with van der Waals surface area (Å²) in [5.74, 6) is 4.83. The number of aliphatic hydroxyl groups excluding tert-OH is 1. The van der Waals surface area contributed by atoms with Gasteiger partial charge < -0.3 is 10.4 Å². The minimum absolute atomic E-state index is 0.0476. The first kappa shape index (κ1) is 22.6. The van der Waals surface area contributed by atoms with E-state index in [0.29, 0.717) is 17.4 Å². The van der Waals surface area contributed by atoms with Crippen molar-refractivity contribution in [2.45, 2.75) is 116 Å². The van der Waals surface area contributed by atoms with Gasteiger partial charge in [-0.3, -0.25) is 0 Å². The predicted molar refractivity (Wildman–Crippen MR) is 137 cm³/mol. The van der Waals surface area contributed by atoms with Gasteiger partial charge in [0.25, 0.3) is 0 Å². The highest BCUT2D eigenvalue weighted by molar-refractivity contribution is 5.41. The minimum Gasteiger partial charge on any atom is -0.393 e. The second-order valence-corrected chi connectivity index (χ2v) is 13.8. The zero-order valence-corrected chi connectivity index (χ0v) is 21.6. The summed E-state index contributed by atoms with van der Waals surface area (Å²) in [5.41, 5.74) is 6.96. The molecule has 6 aliphatic rings. The summed E-state index contributed by atoms with van der Waals surface area (Å²) in [6.45, 7) is 14.0. The van der Waals surface area contributed by atoms with E-state index < -0.39 is 0 Å². The molecule has 2 nitrogen and oxygen atoms in total. The highest BCUT2D eigenvalue weighted by atomic mass is 16.3. The molecule has 33 heavy (non-hydrogen) atoms. The number of aliphatic hydroxyl groups is 1. The Balaban J connectivity index is 1.26. The van der Waals surface area contributed by atoms with Crippen LogP contribution in [0.15, 0.2) is 34.9 Å². The number of hydrogen-bond acceptors (Lipinski definition) is 2. The maximum Gasteiger partial charge on any atom is 0.0543 e. The summed E-state index contributed by atoms with van der Waals surface area (Å²) in [7, 11) is 0. The van der Waals surface area contributed by atoms with Crippen molar-refractivity contribution in [1.29, 1.82) is 0 Å². The number of rotatable bonds is 2. The molecule has 182 valence electrons. The maximum absolute atomic E-state index is 10.5. The molecule has 0 amide bonds. The summed E-state index contributed by atoms with van der Waals surface area (Å²) in [4.78, 5) is 0. The molecule has 4 saturated carbocycles. The zero-order chi connectivity index (χ0) is 23.1. The number of nitrogens with one attached hydrogen (secondary N) is 1. The Kier molecular flexibility index (Phi) is 5.36. The van der Waals surface area contributed by atoms with E-state index in [0.717, 1.165) is 42.4 Å². The van der Waals surface area contributed by atoms with Crippen LogP contribution in [-0.2, 0) is 0 Å². The van der Waals surface area contributed by atoms with Gasteiger partial charge in [-0.25, -0.2) is 0 Å². The van der Waals surface area contributed by atoms with E-state index in [1.165, 1.54) is 63.4 Å². The number of hydrogen-bond donors (Lipinski definition) is 2. The van der Waals surface area contributed by atoms with Gasteiger partial charge >= 0.3 is 0 Å². The molecule has 1 heterocycles. The van der Waals surface area contributed by atoms with Crippen molar-refractivity contribution >= 4 is 0 Å². The van der Waals surface area contributed by atoms with E-state index in [-0.39, 0.29) is 11.6 Å². The van der Waals surface area contributed by atoms with Crippen LogP contribution in [0.5, 0.6) is 0 Å². The summed E-state index contributed by atoms with van der Waals surface area (Å²) >= 11 is 0. The van der Waals surface area contributed by atoms with Crippen LogP contribution in [0.2, 0.25) is 0 Å². The minimum atomic E-state index is -0.0476. The number of piperidine rings is 1. The van der Waals surface area contributed by atoms with Gasteiger partial charge in [-0.15, -0.1) is 0 Å². The molecule has 10 unspecified atom stereocenters. The topological polar surface area (TPSA) is 32.3 Å². The first-order valence-electron chi connectivity index (χ1n) is 14.2. The molecule has 0 aromatic carbocycles. The second kappa shape index (κ2) is 7.82. The Labute approximate surface area is 202 Å². The predicted octanol–water partition coefficient (Wildman–Crippen LogP) is 6.96. The standard InChI is InChI=1S/C31H47NO/c1-18(2)20-10-11-30(4)17-23(12-19(3)27(30)15-20)28-9-7-24-14-22-13-21-6-8-25(33)16-26(21)29(22)31(24,5)32-28/h12,20-22,24-26,28-29,32-33H,1,6-11,13-17H2,2-5H3. The lowest BCUT2D eigenvalue weighted by atomic mass is 9.60. The Morgan fingerprint density at radius 1 is 1.06 bits per heavy atom. The molecular formula is C31H47NO. The van der Waals surface area contributed by atoms with Crippen molar-refractivity contribution in [2.24, 2.45) is 40.9 Å². The van der Waals surface area contributed by atoms with Gasteiger partial charge in [0, 0.05) is 11.6 Å². The van der Waals surface area contributed by atoms with E-state index in [4.69, 9.17) is 0 Å². The summed E-state index contributed by atoms with van der Waals surface area (Å²) in [6.07, 6.45) is 16.6. The smallest absolute Gasteiger partial charge is 0.0543 e. The molecule has 6 rings (SSSR count). The third kappa shape index (κ3) is 3.48. The van der Waals surface area contributed by atoms with Crippen molar-refractivity contribution in [1.82, 2.24) is 5.32 Å². The third-order valence-electron chi connectivity index (χ3n) is 11.9. The lowest BCUT2D eigenvalue weighted by molar-refractivity contribution is 0.0297. The van der Waals surface area contributed by atoms with Gasteiger partial charge in [0.2, 0.25) is 0 Å². The van der Waals surface area contributed by atoms with Crippen molar-refractivity contribution < 1.29 is 5.11 Å². The average Bonchev–Trinajstić information content (AvgIpc) is 3.25. The highest BCUT2D eigenvalue weighted by Crippen LogP contribution is 2.63. The van der Waals surface area contributed by atoms with Crippen LogP contribution in [0.4, 0.5) is 0 Å². The fraction of sp³-hybridized carbons (Fsp3) is 0.806. The van der Waals surface area contributed by atoms with Crippen molar-refractivity contribution in [3.8, 4) is 0 Å². The first-order chi connectivity index (χ1) is 15.7. The number of fused-ring (bicyclic) bond motifs is 6. The Morgan fingerprint density at radius 2 is 1.88 bits per heavy atom. The first-order valence-corrected chi connectivity index (χ1v) is 14.2. The van der Waals surface area contributed by atoms with Crippen LogP contribution >= 0.6 is 0 Å². The molecule has 2 heteroatoms. The third-order valence-corrected chi connectivity index (χ3v) is 11.9. The van der Waals surface area contributed by atoms with Crippen LogP contribution in [0.3, 0.4) is 0 Å². The van der Waals surface area contributed by atoms with Gasteiger partial charge in [-0.2, -0.15) is 0 Å². The van der Waals surface area contributed by atoms with Gasteiger partial charge in [0.1, 0.15) is 0 Å². The Morgan fingerprint density at radius 3 is 2.67 bits per heavy atom. The molecule has 0 bridgehead atoms. The van der Waals surface area contributed by atoms with E-state index >= 15 is 0 Å². The molecule has 2 N–H and O–H groups in total. The monoisotopic (exact) mass is 449 g/mol. The lowest BCUT2D eigenvalue weighted by Crippen LogP contribution is -2.60. The van der Waals surface area contributed by atoms with Crippen LogP contribution in [0, 0.1) is 40.9 Å². The van der Waals surface area contributed by atoms with E-state index in [2.05, 4.69) is 45.7 Å². The van der Waals surface area contributed by atoms with E-state index in [1.54, 1.807) is 16.7 Å². The van der Waals surface area contributed by atoms with Crippen LogP contribution < -0.4 is 5.32 Å². The Hall–Kier alpha value is -0.860. The average molecular weight is 450 g/mol. The molecule has 1 saturated heterocycles. The van der Waals surface area contributed by atoms with Gasteiger partial charge in [-0.05, 0) is 132 Å². The Bertz CT molecular complexity index is 899. The zero-order valence-electron chi connectivity index (χ0n) is 21.6. The lowest BCUT2D eigenvalue weighted by Gasteiger charge is -2.51. The molecule has 0 aromatic heterocycles. The van der Waals surface area contributed by atoms with Crippen LogP contribution in [0.1, 0.15) is 98.3 Å². The van der Waals surface area contributed by atoms with Gasteiger partial charge in [-0.1, -0.05) is 41.9 Å². The SMILES string of the molecule is C=C(C)C1CCC2(C)CC(C3CCC4CC5CC6CCC(O)CC6C5C4(C)N3)=CC(C)=C2C1. The quantitative estimate of drug-likeness (QED) is 0.447. The second-order valence-electron chi connectivity index (χ2n) is 13.8. The van der Waals surface area contributed by atoms with Gasteiger partial charge in [0.05, 0.1) is 6.10 Å². The van der Waals surface area contributed by atoms with Crippen molar-refractivity contribution in [2.75, 3.05) is 0 Å². The fourth-order valence-corrected chi connectivity index (χ4v) is 10.2. The molecule has 1 aliphatic heterocycles. The summed E-state index contributed by atoms with van der Waals surface area (Å²) in [5, 5.41) is 14.8. The summed E-state index contributed by atoms with van der Waals surface area (Å²) in [6, 6.07) is 0.546. The van der Waals surface area contributed by atoms with E-state index in [9.17, 15) is 5.11 Å². The van der Waals surface area contributed by atoms with Crippen molar-refractivity contribution in [3.05, 3.63) is 34.9 Å². The molecule has 5 fully saturated rings. The normalized spacial score (nSPS) is 51.4. The largest absolute Gasteiger partial charge is 0.393 e. The summed E-state index contributed by atoms with van der Waals surface area (Å²) < 4.78 is 0. The number of allylic oxidation sites excluding steroid dienone is 4. The highest BCUT2D eigenvalue weighted by Gasteiger charge is 2.61. The van der Waals surface area contributed by atoms with Crippen molar-refractivity contribution in [3.63, 3.8) is 0 Å². The van der Waals surface area contributed by atoms with E-state index in [1.807, 2.05) is 0 Å². The fourth-order valence-electron chi connectivity index (χ4n) is 10.2. The van der Waals surface area contributed by atoms with Crippen LogP contribution in [-0.4, -0.2) is 22.8 Å². The van der Waals surface area contributed by atoms with Gasteiger partial charge in [0.15, 0.2) is 0 Å². The maximum atomic E-state index is 10.5. The molecular weight excluding hydrogens is 402 g/mol. The molecule has 10 atom stereocenters. The molecule has 5 aliphatic carbocycles. The molecule has 0 aromatic rings. The molecule has 0 spiro atoms. The van der Waals surface area contributed by atoms with Crippen LogP contribution in [0.25, 0.3) is 0 Å². The molecule has 0 radical (unpaired) electrons.